The molecule has 0 amide bonds. The highest BCUT2D eigenvalue weighted by atomic mass is 32.1. The molecule has 0 saturated carbocycles. The summed E-state index contributed by atoms with van der Waals surface area (Å²) >= 11 is 1.86. The molecule has 1 atom stereocenters. The molecular weight excluding hydrogens is 276 g/mol. The van der Waals surface area contributed by atoms with Crippen molar-refractivity contribution in [1.29, 1.82) is 0 Å². The molecule has 0 radical (unpaired) electrons. The van der Waals surface area contributed by atoms with Crippen molar-refractivity contribution in [3.63, 3.8) is 0 Å². The summed E-state index contributed by atoms with van der Waals surface area (Å²) in [6.07, 6.45) is 1.87. The Labute approximate surface area is 129 Å². The molecule has 0 bridgehead atoms. The van der Waals surface area contributed by atoms with Crippen molar-refractivity contribution in [1.82, 2.24) is 10.3 Å². The van der Waals surface area contributed by atoms with Gasteiger partial charge in [0.1, 0.15) is 0 Å². The molecule has 0 aliphatic rings. The van der Waals surface area contributed by atoms with Gasteiger partial charge in [-0.25, -0.2) is 0 Å². The van der Waals surface area contributed by atoms with E-state index in [-0.39, 0.29) is 0 Å². The summed E-state index contributed by atoms with van der Waals surface area (Å²) < 4.78 is 0. The number of aromatic nitrogens is 1. The second kappa shape index (κ2) is 5.96. The van der Waals surface area contributed by atoms with Crippen LogP contribution in [0, 0.1) is 5.92 Å². The Balaban J connectivity index is 2.06. The van der Waals surface area contributed by atoms with Gasteiger partial charge in [-0.1, -0.05) is 38.1 Å². The van der Waals surface area contributed by atoms with Crippen LogP contribution in [0.25, 0.3) is 21.3 Å². The quantitative estimate of drug-likeness (QED) is 0.742. The minimum absolute atomic E-state index is 0.409. The second-order valence-electron chi connectivity index (χ2n) is 5.59. The van der Waals surface area contributed by atoms with Gasteiger partial charge in [0.15, 0.2) is 0 Å². The zero-order chi connectivity index (χ0) is 14.8. The summed E-state index contributed by atoms with van der Waals surface area (Å²) in [5.74, 6) is 0.576. The predicted octanol–water partition coefficient (Wildman–Crippen LogP) is 4.88. The summed E-state index contributed by atoms with van der Waals surface area (Å²) in [5, 5.41) is 4.61. The van der Waals surface area contributed by atoms with E-state index in [1.807, 2.05) is 30.6 Å². The molecule has 0 spiro atoms. The topological polar surface area (TPSA) is 24.9 Å². The van der Waals surface area contributed by atoms with Crippen molar-refractivity contribution in [2.24, 2.45) is 5.92 Å². The number of hydrogen-bond donors (Lipinski definition) is 1. The van der Waals surface area contributed by atoms with Crippen LogP contribution >= 0.6 is 11.3 Å². The number of nitrogens with one attached hydrogen (secondary N) is 1. The molecule has 108 valence electrons. The van der Waals surface area contributed by atoms with Crippen LogP contribution in [0.1, 0.15) is 24.8 Å². The highest BCUT2D eigenvalue weighted by Crippen LogP contribution is 2.36. The predicted molar refractivity (Wildman–Crippen MR) is 91.7 cm³/mol. The van der Waals surface area contributed by atoms with Crippen LogP contribution in [0.3, 0.4) is 0 Å². The monoisotopic (exact) mass is 296 g/mol. The lowest BCUT2D eigenvalue weighted by Crippen LogP contribution is -2.20. The van der Waals surface area contributed by atoms with Crippen molar-refractivity contribution >= 4 is 22.2 Å². The first-order valence-electron chi connectivity index (χ1n) is 7.32. The first kappa shape index (κ1) is 14.2. The zero-order valence-electron chi connectivity index (χ0n) is 12.6. The average Bonchev–Trinajstić information content (AvgIpc) is 2.96. The van der Waals surface area contributed by atoms with Gasteiger partial charge >= 0.3 is 0 Å². The van der Waals surface area contributed by atoms with Gasteiger partial charge in [0.25, 0.3) is 0 Å². The molecule has 2 nitrogen and oxygen atoms in total. The van der Waals surface area contributed by atoms with Crippen LogP contribution in [-0.4, -0.2) is 12.0 Å². The molecule has 21 heavy (non-hydrogen) atoms. The van der Waals surface area contributed by atoms with E-state index in [1.54, 1.807) is 0 Å². The fourth-order valence-electron chi connectivity index (χ4n) is 2.77. The lowest BCUT2D eigenvalue weighted by molar-refractivity contribution is 0.449. The Bertz CT molecular complexity index is 740. The fraction of sp³-hybridized carbons (Fsp3) is 0.278. The molecule has 3 rings (SSSR count). The number of hydrogen-bond acceptors (Lipinski definition) is 3. The third-order valence-corrected chi connectivity index (χ3v) is 5.01. The Morgan fingerprint density at radius 1 is 1.05 bits per heavy atom. The number of para-hydroxylation sites is 1. The standard InChI is InChI=1S/C18H20N2S/c1-12(2)17(19-3)16-10-9-15(21-16)14-8-4-6-13-7-5-11-20-18(13)14/h4-12,17,19H,1-3H3. The summed E-state index contributed by atoms with van der Waals surface area (Å²) in [6.45, 7) is 4.50. The summed E-state index contributed by atoms with van der Waals surface area (Å²) in [6, 6.07) is 15.4. The number of pyridine rings is 1. The van der Waals surface area contributed by atoms with Gasteiger partial charge in [0.05, 0.1) is 5.52 Å². The highest BCUT2D eigenvalue weighted by Gasteiger charge is 2.16. The molecule has 3 aromatic rings. The molecule has 1 aromatic carbocycles. The number of fused-ring (bicyclic) bond motifs is 1. The minimum atomic E-state index is 0.409. The minimum Gasteiger partial charge on any atom is -0.312 e. The second-order valence-corrected chi connectivity index (χ2v) is 6.71. The van der Waals surface area contributed by atoms with Gasteiger partial charge < -0.3 is 5.32 Å². The van der Waals surface area contributed by atoms with Crippen molar-refractivity contribution in [3.8, 4) is 10.4 Å². The lowest BCUT2D eigenvalue weighted by atomic mass is 10.0. The van der Waals surface area contributed by atoms with E-state index in [1.165, 1.54) is 20.7 Å². The van der Waals surface area contributed by atoms with Crippen LogP contribution in [-0.2, 0) is 0 Å². The molecule has 3 heteroatoms. The van der Waals surface area contributed by atoms with Gasteiger partial charge in [-0.3, -0.25) is 4.98 Å². The molecular formula is C18H20N2S. The van der Waals surface area contributed by atoms with E-state index in [0.717, 1.165) is 5.52 Å². The number of thiophene rings is 1. The first-order valence-corrected chi connectivity index (χ1v) is 8.13. The first-order chi connectivity index (χ1) is 10.2. The maximum atomic E-state index is 4.56. The summed E-state index contributed by atoms with van der Waals surface area (Å²) in [4.78, 5) is 7.23. The van der Waals surface area contributed by atoms with Crippen LogP contribution in [0.4, 0.5) is 0 Å². The van der Waals surface area contributed by atoms with Crippen molar-refractivity contribution in [3.05, 3.63) is 53.5 Å². The Kier molecular flexibility index (Phi) is 4.04. The lowest BCUT2D eigenvalue weighted by Gasteiger charge is -2.18. The van der Waals surface area contributed by atoms with Crippen LogP contribution in [0.15, 0.2) is 48.7 Å². The van der Waals surface area contributed by atoms with Gasteiger partial charge in [-0.2, -0.15) is 0 Å². The maximum absolute atomic E-state index is 4.56. The third kappa shape index (κ3) is 2.71. The van der Waals surface area contributed by atoms with E-state index in [2.05, 4.69) is 60.5 Å². The highest BCUT2D eigenvalue weighted by molar-refractivity contribution is 7.15. The van der Waals surface area contributed by atoms with Crippen molar-refractivity contribution in [2.45, 2.75) is 19.9 Å². The Hall–Kier alpha value is -1.71. The SMILES string of the molecule is CNC(c1ccc(-c2cccc3cccnc23)s1)C(C)C. The molecule has 0 aliphatic carbocycles. The van der Waals surface area contributed by atoms with E-state index < -0.39 is 0 Å². The van der Waals surface area contributed by atoms with Gasteiger partial charge in [-0.15, -0.1) is 11.3 Å². The van der Waals surface area contributed by atoms with E-state index in [0.29, 0.717) is 12.0 Å². The number of nitrogens with zero attached hydrogens (tertiary/aromatic N) is 1. The molecule has 0 aliphatic heterocycles. The van der Waals surface area contributed by atoms with Gasteiger partial charge in [-0.05, 0) is 31.2 Å². The molecule has 2 aromatic heterocycles. The number of rotatable bonds is 4. The smallest absolute Gasteiger partial charge is 0.0788 e. The normalized spacial score (nSPS) is 13.0. The van der Waals surface area contributed by atoms with E-state index >= 15 is 0 Å². The summed E-state index contributed by atoms with van der Waals surface area (Å²) in [7, 11) is 2.03. The van der Waals surface area contributed by atoms with Crippen molar-refractivity contribution in [2.75, 3.05) is 7.05 Å². The molecule has 0 fully saturated rings. The van der Waals surface area contributed by atoms with Gasteiger partial charge in [0.2, 0.25) is 0 Å². The average molecular weight is 296 g/mol. The number of benzene rings is 1. The van der Waals surface area contributed by atoms with E-state index in [4.69, 9.17) is 0 Å². The Morgan fingerprint density at radius 3 is 2.62 bits per heavy atom. The summed E-state index contributed by atoms with van der Waals surface area (Å²) in [5.41, 5.74) is 2.31. The van der Waals surface area contributed by atoms with Gasteiger partial charge in [0, 0.05) is 32.9 Å². The van der Waals surface area contributed by atoms with E-state index in [9.17, 15) is 0 Å². The van der Waals surface area contributed by atoms with Crippen molar-refractivity contribution < 1.29 is 0 Å². The van der Waals surface area contributed by atoms with Crippen LogP contribution in [0.5, 0.6) is 0 Å². The van der Waals surface area contributed by atoms with Crippen LogP contribution in [0.2, 0.25) is 0 Å². The fourth-order valence-corrected chi connectivity index (χ4v) is 4.09. The largest absolute Gasteiger partial charge is 0.312 e. The molecule has 1 N–H and O–H groups in total. The molecule has 2 heterocycles. The maximum Gasteiger partial charge on any atom is 0.0788 e. The third-order valence-electron chi connectivity index (χ3n) is 3.81. The van der Waals surface area contributed by atoms with Crippen LogP contribution < -0.4 is 5.32 Å². The Morgan fingerprint density at radius 2 is 1.86 bits per heavy atom. The zero-order valence-corrected chi connectivity index (χ0v) is 13.4. The molecule has 0 saturated heterocycles. The molecule has 1 unspecified atom stereocenters.